The van der Waals surface area contributed by atoms with Gasteiger partial charge in [0.05, 0.1) is 35.0 Å². The number of nitro groups is 1. The smallest absolute Gasteiger partial charge is 0.293 e. The highest BCUT2D eigenvalue weighted by Crippen LogP contribution is 2.35. The number of amides is 1. The minimum absolute atomic E-state index is 0.0310. The summed E-state index contributed by atoms with van der Waals surface area (Å²) in [5.41, 5.74) is 1.61. The Balaban J connectivity index is 1.46. The fraction of sp³-hybridized carbons (Fsp3) is 0.481. The van der Waals surface area contributed by atoms with Gasteiger partial charge in [-0.05, 0) is 56.5 Å². The van der Waals surface area contributed by atoms with Crippen molar-refractivity contribution < 1.29 is 19.2 Å². The summed E-state index contributed by atoms with van der Waals surface area (Å²) in [6, 6.07) is 10.6. The van der Waals surface area contributed by atoms with E-state index in [1.165, 1.54) is 17.4 Å². The van der Waals surface area contributed by atoms with Crippen LogP contribution in [0, 0.1) is 10.1 Å². The van der Waals surface area contributed by atoms with E-state index in [1.807, 2.05) is 25.1 Å². The summed E-state index contributed by atoms with van der Waals surface area (Å²) in [6.45, 7) is 8.08. The van der Waals surface area contributed by atoms with Crippen LogP contribution < -0.4 is 14.5 Å². The van der Waals surface area contributed by atoms with Gasteiger partial charge in [-0.1, -0.05) is 11.3 Å². The number of aromatic nitrogens is 1. The molecule has 2 saturated heterocycles. The molecule has 2 aromatic carbocycles. The molecule has 0 spiro atoms. The van der Waals surface area contributed by atoms with Gasteiger partial charge in [0.15, 0.2) is 5.13 Å². The highest BCUT2D eigenvalue weighted by atomic mass is 32.1. The lowest BCUT2D eigenvalue weighted by Gasteiger charge is -2.30. The fourth-order valence-corrected chi connectivity index (χ4v) is 5.99. The zero-order valence-corrected chi connectivity index (χ0v) is 22.5. The van der Waals surface area contributed by atoms with Gasteiger partial charge < -0.3 is 14.4 Å². The molecule has 0 radical (unpaired) electrons. The molecular formula is C27H33N5O5S. The topological polar surface area (TPSA) is 101 Å². The highest BCUT2D eigenvalue weighted by molar-refractivity contribution is 7.22. The molecule has 3 aromatic rings. The van der Waals surface area contributed by atoms with Crippen LogP contribution in [-0.2, 0) is 4.74 Å². The Morgan fingerprint density at radius 3 is 2.66 bits per heavy atom. The molecule has 2 aliphatic heterocycles. The summed E-state index contributed by atoms with van der Waals surface area (Å²) in [5, 5.41) is 12.6. The van der Waals surface area contributed by atoms with Gasteiger partial charge in [-0.3, -0.25) is 24.7 Å². The van der Waals surface area contributed by atoms with Crippen molar-refractivity contribution in [1.82, 2.24) is 9.88 Å². The second-order valence-electron chi connectivity index (χ2n) is 9.48. The van der Waals surface area contributed by atoms with Gasteiger partial charge in [-0.15, -0.1) is 0 Å². The predicted molar refractivity (Wildman–Crippen MR) is 149 cm³/mol. The summed E-state index contributed by atoms with van der Waals surface area (Å²) in [5.74, 6) is 0.459. The van der Waals surface area contributed by atoms with Crippen molar-refractivity contribution in [3.63, 3.8) is 0 Å². The zero-order valence-electron chi connectivity index (χ0n) is 21.6. The fourth-order valence-electron chi connectivity index (χ4n) is 4.98. The number of hydrogen-bond acceptors (Lipinski definition) is 9. The molecule has 0 saturated carbocycles. The molecule has 38 heavy (non-hydrogen) atoms. The molecule has 2 fully saturated rings. The van der Waals surface area contributed by atoms with E-state index < -0.39 is 0 Å². The van der Waals surface area contributed by atoms with E-state index >= 15 is 0 Å². The summed E-state index contributed by atoms with van der Waals surface area (Å²) in [4.78, 5) is 36.3. The lowest BCUT2D eigenvalue weighted by molar-refractivity contribution is -0.384. The molecule has 202 valence electrons. The number of benzene rings is 2. The van der Waals surface area contributed by atoms with Crippen LogP contribution >= 0.6 is 11.3 Å². The lowest BCUT2D eigenvalue weighted by atomic mass is 10.1. The lowest BCUT2D eigenvalue weighted by Crippen LogP contribution is -2.43. The van der Waals surface area contributed by atoms with Crippen LogP contribution in [-0.4, -0.2) is 79.8 Å². The molecule has 10 nitrogen and oxygen atoms in total. The number of anilines is 2. The second kappa shape index (κ2) is 12.1. The molecule has 3 heterocycles. The summed E-state index contributed by atoms with van der Waals surface area (Å²) < 4.78 is 12.0. The van der Waals surface area contributed by atoms with E-state index in [9.17, 15) is 14.9 Å². The Morgan fingerprint density at radius 1 is 1.13 bits per heavy atom. The highest BCUT2D eigenvalue weighted by Gasteiger charge is 2.27. The standard InChI is InChI=1S/C27H33N5O5S/c1-2-37-21-7-8-22-25(19-21)38-27(28-22)31(13-12-29-14-16-36-17-15-29)26(33)20-6-9-23(24(18-20)32(34)35)30-10-4-3-5-11-30/h6-9,18-19H,2-5,10-17H2,1H3. The minimum Gasteiger partial charge on any atom is -0.494 e. The van der Waals surface area contributed by atoms with Gasteiger partial charge >= 0.3 is 0 Å². The average molecular weight is 540 g/mol. The maximum Gasteiger partial charge on any atom is 0.293 e. The minimum atomic E-state index is -0.383. The maximum absolute atomic E-state index is 13.9. The number of hydrogen-bond donors (Lipinski definition) is 0. The molecule has 0 bridgehead atoms. The van der Waals surface area contributed by atoms with Gasteiger partial charge in [0.25, 0.3) is 11.6 Å². The Labute approximate surface area is 225 Å². The van der Waals surface area contributed by atoms with Crippen LogP contribution in [0.25, 0.3) is 10.2 Å². The molecule has 0 aliphatic carbocycles. The van der Waals surface area contributed by atoms with E-state index in [0.717, 1.165) is 61.4 Å². The Morgan fingerprint density at radius 2 is 1.92 bits per heavy atom. The normalized spacial score (nSPS) is 16.5. The molecule has 0 unspecified atom stereocenters. The summed E-state index contributed by atoms with van der Waals surface area (Å²) in [6.07, 6.45) is 3.15. The number of nitro benzene ring substituents is 1. The number of carbonyl (C=O) groups excluding carboxylic acids is 1. The first-order chi connectivity index (χ1) is 18.5. The van der Waals surface area contributed by atoms with Crippen LogP contribution in [0.3, 0.4) is 0 Å². The van der Waals surface area contributed by atoms with Crippen molar-refractivity contribution in [2.75, 3.05) is 68.9 Å². The number of carbonyl (C=O) groups is 1. The largest absolute Gasteiger partial charge is 0.494 e. The molecule has 5 rings (SSSR count). The van der Waals surface area contributed by atoms with E-state index in [4.69, 9.17) is 14.5 Å². The van der Waals surface area contributed by atoms with Crippen molar-refractivity contribution in [3.05, 3.63) is 52.1 Å². The third-order valence-electron chi connectivity index (χ3n) is 7.00. The van der Waals surface area contributed by atoms with Crippen LogP contribution in [0.1, 0.15) is 36.5 Å². The molecule has 2 aliphatic rings. The van der Waals surface area contributed by atoms with Crippen LogP contribution in [0.2, 0.25) is 0 Å². The first-order valence-corrected chi connectivity index (χ1v) is 14.0. The van der Waals surface area contributed by atoms with Crippen molar-refractivity contribution >= 4 is 44.0 Å². The van der Waals surface area contributed by atoms with Gasteiger partial charge in [0, 0.05) is 50.9 Å². The Hall–Kier alpha value is -3.28. The monoisotopic (exact) mass is 539 g/mol. The number of fused-ring (bicyclic) bond motifs is 1. The van der Waals surface area contributed by atoms with E-state index in [2.05, 4.69) is 9.80 Å². The SMILES string of the molecule is CCOc1ccc2nc(N(CCN3CCOCC3)C(=O)c3ccc(N4CCCCC4)c([N+](=O)[O-])c3)sc2c1. The molecule has 1 aromatic heterocycles. The van der Waals surface area contributed by atoms with E-state index in [1.54, 1.807) is 17.0 Å². The number of ether oxygens (including phenoxy) is 2. The molecule has 0 atom stereocenters. The van der Waals surface area contributed by atoms with Crippen LogP contribution in [0.5, 0.6) is 5.75 Å². The first kappa shape index (κ1) is 26.3. The van der Waals surface area contributed by atoms with Crippen molar-refractivity contribution in [2.45, 2.75) is 26.2 Å². The van der Waals surface area contributed by atoms with Gasteiger partial charge in [0.2, 0.25) is 0 Å². The van der Waals surface area contributed by atoms with Gasteiger partial charge in [-0.2, -0.15) is 0 Å². The molecule has 11 heteroatoms. The average Bonchev–Trinajstić information content (AvgIpc) is 3.37. The maximum atomic E-state index is 13.9. The summed E-state index contributed by atoms with van der Waals surface area (Å²) >= 11 is 1.42. The van der Waals surface area contributed by atoms with Gasteiger partial charge in [-0.25, -0.2) is 4.98 Å². The number of piperidine rings is 1. The van der Waals surface area contributed by atoms with E-state index in [0.29, 0.717) is 43.7 Å². The number of nitrogens with zero attached hydrogens (tertiary/aromatic N) is 5. The van der Waals surface area contributed by atoms with E-state index in [-0.39, 0.29) is 22.1 Å². The molecular weight excluding hydrogens is 506 g/mol. The quantitative estimate of drug-likeness (QED) is 0.288. The summed E-state index contributed by atoms with van der Waals surface area (Å²) in [7, 11) is 0. The predicted octanol–water partition coefficient (Wildman–Crippen LogP) is 4.57. The number of thiazole rings is 1. The third-order valence-corrected chi connectivity index (χ3v) is 8.04. The van der Waals surface area contributed by atoms with Crippen LogP contribution in [0.15, 0.2) is 36.4 Å². The van der Waals surface area contributed by atoms with Gasteiger partial charge in [0.1, 0.15) is 11.4 Å². The van der Waals surface area contributed by atoms with Crippen molar-refractivity contribution in [3.8, 4) is 5.75 Å². The first-order valence-electron chi connectivity index (χ1n) is 13.2. The molecule has 0 N–H and O–H groups in total. The number of rotatable bonds is 9. The van der Waals surface area contributed by atoms with Crippen molar-refractivity contribution in [2.24, 2.45) is 0 Å². The third kappa shape index (κ3) is 5.90. The second-order valence-corrected chi connectivity index (χ2v) is 10.5. The Kier molecular flexibility index (Phi) is 8.35. The number of morpholine rings is 1. The molecule has 1 amide bonds. The Bertz CT molecular complexity index is 1290. The zero-order chi connectivity index (χ0) is 26.5. The van der Waals surface area contributed by atoms with Crippen molar-refractivity contribution in [1.29, 1.82) is 0 Å². The van der Waals surface area contributed by atoms with Crippen LogP contribution in [0.4, 0.5) is 16.5 Å².